The molecule has 0 heterocycles. The molecule has 0 unspecified atom stereocenters. The average molecular weight is 306 g/mol. The second kappa shape index (κ2) is 6.47. The first-order valence-electron chi connectivity index (χ1n) is 5.65. The maximum absolute atomic E-state index is 11.7. The summed E-state index contributed by atoms with van der Waals surface area (Å²) in [4.78, 5) is 0. The van der Waals surface area contributed by atoms with Crippen molar-refractivity contribution in [3.8, 4) is 0 Å². The molecule has 1 aromatic carbocycles. The van der Waals surface area contributed by atoms with Crippen LogP contribution in [-0.4, -0.2) is 35.4 Å². The Labute approximate surface area is 114 Å². The zero-order chi connectivity index (χ0) is 14.5. The highest BCUT2D eigenvalue weighted by Crippen LogP contribution is 2.07. The number of hydrogen-bond donors (Lipinski definition) is 2. The van der Waals surface area contributed by atoms with Gasteiger partial charge in [0.2, 0.25) is 10.0 Å². The largest absolute Gasteiger partial charge is 0.326 e. The molecule has 0 fully saturated rings. The van der Waals surface area contributed by atoms with E-state index >= 15 is 0 Å². The van der Waals surface area contributed by atoms with Crippen molar-refractivity contribution in [2.75, 3.05) is 18.6 Å². The van der Waals surface area contributed by atoms with E-state index in [2.05, 4.69) is 4.72 Å². The van der Waals surface area contributed by atoms with Gasteiger partial charge in [0, 0.05) is 19.3 Å². The van der Waals surface area contributed by atoms with Gasteiger partial charge in [-0.05, 0) is 11.1 Å². The number of rotatable bonds is 7. The van der Waals surface area contributed by atoms with Crippen molar-refractivity contribution in [3.05, 3.63) is 35.4 Å². The molecule has 0 aromatic heterocycles. The van der Waals surface area contributed by atoms with E-state index in [0.29, 0.717) is 12.1 Å². The molecule has 0 bridgehead atoms. The van der Waals surface area contributed by atoms with E-state index in [0.717, 1.165) is 11.8 Å². The second-order valence-electron chi connectivity index (χ2n) is 4.30. The summed E-state index contributed by atoms with van der Waals surface area (Å²) >= 11 is 0. The van der Waals surface area contributed by atoms with Crippen LogP contribution < -0.4 is 10.5 Å². The van der Waals surface area contributed by atoms with Crippen molar-refractivity contribution < 1.29 is 16.8 Å². The Morgan fingerprint density at radius 1 is 1.05 bits per heavy atom. The highest BCUT2D eigenvalue weighted by Gasteiger charge is 2.12. The Morgan fingerprint density at radius 2 is 1.58 bits per heavy atom. The normalized spacial score (nSPS) is 12.5. The lowest BCUT2D eigenvalue weighted by Gasteiger charge is -2.06. The van der Waals surface area contributed by atoms with Gasteiger partial charge in [-0.1, -0.05) is 24.3 Å². The van der Waals surface area contributed by atoms with Gasteiger partial charge >= 0.3 is 0 Å². The van der Waals surface area contributed by atoms with Crippen molar-refractivity contribution in [2.24, 2.45) is 5.73 Å². The molecule has 0 spiro atoms. The average Bonchev–Trinajstić information content (AvgIpc) is 2.27. The Balaban J connectivity index is 2.58. The quantitative estimate of drug-likeness (QED) is 0.713. The zero-order valence-electron chi connectivity index (χ0n) is 10.7. The molecule has 0 saturated carbocycles. The van der Waals surface area contributed by atoms with Gasteiger partial charge in [-0.15, -0.1) is 0 Å². The first-order valence-corrected chi connectivity index (χ1v) is 9.36. The maximum atomic E-state index is 11.7. The molecule has 6 nitrogen and oxygen atoms in total. The van der Waals surface area contributed by atoms with E-state index in [-0.39, 0.29) is 18.1 Å². The van der Waals surface area contributed by atoms with Gasteiger partial charge in [0.25, 0.3) is 0 Å². The molecule has 0 amide bonds. The van der Waals surface area contributed by atoms with Gasteiger partial charge in [-0.2, -0.15) is 0 Å². The van der Waals surface area contributed by atoms with Gasteiger partial charge in [-0.3, -0.25) is 0 Å². The molecule has 1 rings (SSSR count). The van der Waals surface area contributed by atoms with E-state index in [1.54, 1.807) is 24.3 Å². The Morgan fingerprint density at radius 3 is 2.05 bits per heavy atom. The summed E-state index contributed by atoms with van der Waals surface area (Å²) in [5.41, 5.74) is 7.00. The van der Waals surface area contributed by atoms with Crippen LogP contribution in [-0.2, 0) is 32.2 Å². The van der Waals surface area contributed by atoms with Crippen LogP contribution in [0.5, 0.6) is 0 Å². The summed E-state index contributed by atoms with van der Waals surface area (Å²) in [6.07, 6.45) is 1.06. The fraction of sp³-hybridized carbons (Fsp3) is 0.455. The lowest BCUT2D eigenvalue weighted by Crippen LogP contribution is -2.29. The lowest BCUT2D eigenvalue weighted by molar-refractivity contribution is 0.581. The molecule has 0 radical (unpaired) electrons. The highest BCUT2D eigenvalue weighted by atomic mass is 32.2. The molecule has 0 aliphatic carbocycles. The molecular formula is C11H18N2O4S2. The van der Waals surface area contributed by atoms with Crippen LogP contribution in [0, 0.1) is 0 Å². The Bertz CT molecular complexity index is 607. The van der Waals surface area contributed by atoms with Gasteiger partial charge in [0.15, 0.2) is 0 Å². The van der Waals surface area contributed by atoms with Gasteiger partial charge in [-0.25, -0.2) is 21.6 Å². The SMILES string of the molecule is CS(=O)(=O)CCNS(=O)(=O)Cc1ccc(CN)cc1. The molecule has 1 aromatic rings. The number of hydrogen-bond acceptors (Lipinski definition) is 5. The topological polar surface area (TPSA) is 106 Å². The molecule has 8 heteroatoms. The minimum absolute atomic E-state index is 0.109. The fourth-order valence-corrected chi connectivity index (χ4v) is 3.17. The van der Waals surface area contributed by atoms with E-state index in [4.69, 9.17) is 5.73 Å². The Kier molecular flexibility index (Phi) is 5.48. The molecule has 0 aliphatic heterocycles. The van der Waals surface area contributed by atoms with Crippen LogP contribution in [0.25, 0.3) is 0 Å². The molecule has 3 N–H and O–H groups in total. The van der Waals surface area contributed by atoms with Gasteiger partial charge in [0.05, 0.1) is 11.5 Å². The first-order chi connectivity index (χ1) is 8.72. The number of sulfonamides is 1. The summed E-state index contributed by atoms with van der Waals surface area (Å²) in [7, 11) is -6.69. The summed E-state index contributed by atoms with van der Waals surface area (Å²) in [5.74, 6) is -0.389. The third-order valence-electron chi connectivity index (χ3n) is 2.41. The minimum Gasteiger partial charge on any atom is -0.326 e. The number of nitrogens with two attached hydrogens (primary N) is 1. The third-order valence-corrected chi connectivity index (χ3v) is 4.71. The number of nitrogens with one attached hydrogen (secondary N) is 1. The van der Waals surface area contributed by atoms with Crippen molar-refractivity contribution in [3.63, 3.8) is 0 Å². The van der Waals surface area contributed by atoms with Crippen LogP contribution in [0.15, 0.2) is 24.3 Å². The smallest absolute Gasteiger partial charge is 0.215 e. The van der Waals surface area contributed by atoms with E-state index in [1.807, 2.05) is 0 Å². The number of sulfone groups is 1. The molecule has 108 valence electrons. The molecule has 0 atom stereocenters. The van der Waals surface area contributed by atoms with Crippen LogP contribution in [0.2, 0.25) is 0 Å². The predicted octanol–water partition coefficient (Wildman–Crippen LogP) is -0.391. The van der Waals surface area contributed by atoms with E-state index in [1.165, 1.54) is 0 Å². The highest BCUT2D eigenvalue weighted by molar-refractivity contribution is 7.91. The Hall–Kier alpha value is -0.960. The van der Waals surface area contributed by atoms with Crippen LogP contribution in [0.3, 0.4) is 0 Å². The zero-order valence-corrected chi connectivity index (χ0v) is 12.3. The lowest BCUT2D eigenvalue weighted by atomic mass is 10.1. The minimum atomic E-state index is -3.52. The van der Waals surface area contributed by atoms with Crippen molar-refractivity contribution >= 4 is 19.9 Å². The fourth-order valence-electron chi connectivity index (χ4n) is 1.42. The second-order valence-corrected chi connectivity index (χ2v) is 8.37. The van der Waals surface area contributed by atoms with Crippen LogP contribution >= 0.6 is 0 Å². The molecule has 0 saturated heterocycles. The van der Waals surface area contributed by atoms with Crippen molar-refractivity contribution in [2.45, 2.75) is 12.3 Å². The summed E-state index contributed by atoms with van der Waals surface area (Å²) in [5, 5.41) is 0. The molecular weight excluding hydrogens is 288 g/mol. The van der Waals surface area contributed by atoms with Gasteiger partial charge < -0.3 is 5.73 Å². The van der Waals surface area contributed by atoms with Crippen LogP contribution in [0.4, 0.5) is 0 Å². The van der Waals surface area contributed by atoms with Crippen molar-refractivity contribution in [1.29, 1.82) is 0 Å². The van der Waals surface area contributed by atoms with Gasteiger partial charge in [0.1, 0.15) is 9.84 Å². The molecule has 0 aliphatic rings. The predicted molar refractivity (Wildman–Crippen MR) is 74.7 cm³/mol. The summed E-state index contributed by atoms with van der Waals surface area (Å²) in [6, 6.07) is 6.92. The standard InChI is InChI=1S/C11H18N2O4S2/c1-18(14,15)7-6-13-19(16,17)9-11-4-2-10(8-12)3-5-11/h2-5,13H,6-9,12H2,1H3. The maximum Gasteiger partial charge on any atom is 0.215 e. The van der Waals surface area contributed by atoms with E-state index < -0.39 is 19.9 Å². The first kappa shape index (κ1) is 16.1. The van der Waals surface area contributed by atoms with Crippen LogP contribution in [0.1, 0.15) is 11.1 Å². The summed E-state index contributed by atoms with van der Waals surface area (Å²) < 4.78 is 47.5. The third kappa shape index (κ3) is 6.67. The van der Waals surface area contributed by atoms with E-state index in [9.17, 15) is 16.8 Å². The monoisotopic (exact) mass is 306 g/mol. The van der Waals surface area contributed by atoms with Crippen molar-refractivity contribution in [1.82, 2.24) is 4.72 Å². The summed E-state index contributed by atoms with van der Waals surface area (Å²) in [6.45, 7) is 0.293. The molecule has 19 heavy (non-hydrogen) atoms. The number of benzene rings is 1.